The van der Waals surface area contributed by atoms with Gasteiger partial charge in [-0.05, 0) is 40.5 Å². The van der Waals surface area contributed by atoms with Crippen molar-refractivity contribution in [3.05, 3.63) is 0 Å². The summed E-state index contributed by atoms with van der Waals surface area (Å²) < 4.78 is 20.6. The van der Waals surface area contributed by atoms with Gasteiger partial charge in [-0.25, -0.2) is 4.79 Å². The lowest BCUT2D eigenvalue weighted by molar-refractivity contribution is -0.198. The molecule has 0 amide bonds. The SMILES string of the molecule is CCC(C)OC(C)OC(=O)CC(O)C(=O)OC(C)OC(C)CC. The van der Waals surface area contributed by atoms with Gasteiger partial charge < -0.3 is 24.1 Å². The van der Waals surface area contributed by atoms with Crippen LogP contribution < -0.4 is 0 Å². The molecule has 1 N–H and O–H groups in total. The van der Waals surface area contributed by atoms with Gasteiger partial charge in [0, 0.05) is 0 Å². The Morgan fingerprint density at radius 1 is 0.870 bits per heavy atom. The molecule has 0 aromatic heterocycles. The minimum atomic E-state index is -1.60. The van der Waals surface area contributed by atoms with Crippen molar-refractivity contribution in [3.8, 4) is 0 Å². The summed E-state index contributed by atoms with van der Waals surface area (Å²) in [7, 11) is 0. The monoisotopic (exact) mass is 334 g/mol. The summed E-state index contributed by atoms with van der Waals surface area (Å²) in [6.07, 6.45) is -2.20. The Kier molecular flexibility index (Phi) is 10.8. The van der Waals surface area contributed by atoms with E-state index >= 15 is 0 Å². The summed E-state index contributed by atoms with van der Waals surface area (Å²) in [5, 5.41) is 9.70. The third-order valence-electron chi connectivity index (χ3n) is 3.21. The van der Waals surface area contributed by atoms with Crippen LogP contribution in [0, 0.1) is 0 Å². The topological polar surface area (TPSA) is 91.3 Å². The molecule has 0 aromatic carbocycles. The van der Waals surface area contributed by atoms with Crippen LogP contribution in [0.15, 0.2) is 0 Å². The summed E-state index contributed by atoms with van der Waals surface area (Å²) in [6, 6.07) is 0. The van der Waals surface area contributed by atoms with Crippen molar-refractivity contribution in [3.63, 3.8) is 0 Å². The molecule has 136 valence electrons. The average Bonchev–Trinajstić information content (AvgIpc) is 2.45. The van der Waals surface area contributed by atoms with Crippen molar-refractivity contribution in [2.24, 2.45) is 0 Å². The molecule has 0 spiro atoms. The Morgan fingerprint density at radius 3 is 1.74 bits per heavy atom. The Hall–Kier alpha value is -1.18. The molecule has 0 radical (unpaired) electrons. The number of aliphatic hydroxyl groups excluding tert-OH is 1. The highest BCUT2D eigenvalue weighted by molar-refractivity contribution is 5.81. The van der Waals surface area contributed by atoms with Crippen LogP contribution in [0.2, 0.25) is 0 Å². The van der Waals surface area contributed by atoms with E-state index < -0.39 is 37.0 Å². The van der Waals surface area contributed by atoms with E-state index in [9.17, 15) is 14.7 Å². The van der Waals surface area contributed by atoms with E-state index in [1.807, 2.05) is 27.7 Å². The second-order valence-electron chi connectivity index (χ2n) is 5.49. The molecule has 0 aliphatic heterocycles. The third-order valence-corrected chi connectivity index (χ3v) is 3.21. The third kappa shape index (κ3) is 10.3. The number of aliphatic hydroxyl groups is 1. The second-order valence-corrected chi connectivity index (χ2v) is 5.49. The molecule has 5 unspecified atom stereocenters. The van der Waals surface area contributed by atoms with E-state index in [0.29, 0.717) is 0 Å². The highest BCUT2D eigenvalue weighted by atomic mass is 16.7. The van der Waals surface area contributed by atoms with Crippen molar-refractivity contribution < 1.29 is 33.6 Å². The maximum atomic E-state index is 11.7. The molecule has 0 fully saturated rings. The lowest BCUT2D eigenvalue weighted by Gasteiger charge is -2.20. The van der Waals surface area contributed by atoms with Gasteiger partial charge in [0.2, 0.25) is 6.29 Å². The first kappa shape index (κ1) is 21.8. The predicted octanol–water partition coefficient (Wildman–Crippen LogP) is 2.15. The molecule has 0 aliphatic rings. The minimum absolute atomic E-state index is 0.0498. The number of rotatable bonds is 11. The van der Waals surface area contributed by atoms with E-state index in [-0.39, 0.29) is 12.2 Å². The van der Waals surface area contributed by atoms with Gasteiger partial charge in [0.25, 0.3) is 0 Å². The van der Waals surface area contributed by atoms with Crippen molar-refractivity contribution in [1.82, 2.24) is 0 Å². The molecule has 23 heavy (non-hydrogen) atoms. The van der Waals surface area contributed by atoms with Crippen LogP contribution in [0.1, 0.15) is 60.8 Å². The summed E-state index contributed by atoms with van der Waals surface area (Å²) in [5.41, 5.74) is 0. The Balaban J connectivity index is 4.17. The zero-order chi connectivity index (χ0) is 18.0. The van der Waals surface area contributed by atoms with E-state index in [2.05, 4.69) is 0 Å². The average molecular weight is 334 g/mol. The first-order valence-electron chi connectivity index (χ1n) is 8.08. The van der Waals surface area contributed by atoms with Gasteiger partial charge in [-0.15, -0.1) is 0 Å². The van der Waals surface area contributed by atoms with Gasteiger partial charge in [-0.1, -0.05) is 13.8 Å². The Labute approximate surface area is 138 Å². The van der Waals surface area contributed by atoms with Crippen LogP contribution in [0.5, 0.6) is 0 Å². The molecule has 0 aliphatic carbocycles. The first-order chi connectivity index (χ1) is 10.7. The van der Waals surface area contributed by atoms with Crippen LogP contribution in [-0.2, 0) is 28.5 Å². The molecule has 5 atom stereocenters. The number of hydrogen-bond acceptors (Lipinski definition) is 7. The van der Waals surface area contributed by atoms with Gasteiger partial charge >= 0.3 is 11.9 Å². The zero-order valence-corrected chi connectivity index (χ0v) is 14.9. The number of ether oxygens (including phenoxy) is 4. The first-order valence-corrected chi connectivity index (χ1v) is 8.08. The Bertz CT molecular complexity index is 358. The second kappa shape index (κ2) is 11.4. The molecule has 0 bridgehead atoms. The molecule has 0 saturated carbocycles. The van der Waals surface area contributed by atoms with Crippen LogP contribution >= 0.6 is 0 Å². The van der Waals surface area contributed by atoms with E-state index in [1.165, 1.54) is 0 Å². The van der Waals surface area contributed by atoms with Crippen molar-refractivity contribution >= 4 is 11.9 Å². The van der Waals surface area contributed by atoms with Crippen LogP contribution in [0.3, 0.4) is 0 Å². The van der Waals surface area contributed by atoms with Crippen LogP contribution in [0.4, 0.5) is 0 Å². The molecule has 0 saturated heterocycles. The highest BCUT2D eigenvalue weighted by Gasteiger charge is 2.25. The molecule has 0 heterocycles. The highest BCUT2D eigenvalue weighted by Crippen LogP contribution is 2.08. The normalized spacial score (nSPS) is 17.7. The lowest BCUT2D eigenvalue weighted by atomic mass is 10.2. The molecular weight excluding hydrogens is 304 g/mol. The maximum absolute atomic E-state index is 11.7. The van der Waals surface area contributed by atoms with Gasteiger partial charge in [0.15, 0.2) is 12.4 Å². The molecule has 0 aromatic rings. The summed E-state index contributed by atoms with van der Waals surface area (Å²) in [4.78, 5) is 23.3. The zero-order valence-electron chi connectivity index (χ0n) is 14.9. The fourth-order valence-corrected chi connectivity index (χ4v) is 1.62. The van der Waals surface area contributed by atoms with Crippen molar-refractivity contribution in [2.75, 3.05) is 0 Å². The minimum Gasteiger partial charge on any atom is -0.436 e. The van der Waals surface area contributed by atoms with Gasteiger partial charge in [0.1, 0.15) is 0 Å². The summed E-state index contributed by atoms with van der Waals surface area (Å²) in [5.74, 6) is -1.66. The molecule has 7 heteroatoms. The van der Waals surface area contributed by atoms with Crippen LogP contribution in [0.25, 0.3) is 0 Å². The fraction of sp³-hybridized carbons (Fsp3) is 0.875. The Morgan fingerprint density at radius 2 is 1.30 bits per heavy atom. The lowest BCUT2D eigenvalue weighted by Crippen LogP contribution is -2.32. The van der Waals surface area contributed by atoms with Gasteiger partial charge in [-0.2, -0.15) is 0 Å². The van der Waals surface area contributed by atoms with Crippen molar-refractivity contribution in [2.45, 2.75) is 91.7 Å². The van der Waals surface area contributed by atoms with Gasteiger partial charge in [0.05, 0.1) is 18.6 Å². The number of hydrogen-bond donors (Lipinski definition) is 1. The molecule has 0 rings (SSSR count). The van der Waals surface area contributed by atoms with Crippen molar-refractivity contribution in [1.29, 1.82) is 0 Å². The van der Waals surface area contributed by atoms with Crippen LogP contribution in [-0.4, -0.2) is 47.9 Å². The smallest absolute Gasteiger partial charge is 0.337 e. The van der Waals surface area contributed by atoms with E-state index in [0.717, 1.165) is 12.8 Å². The van der Waals surface area contributed by atoms with E-state index in [1.54, 1.807) is 13.8 Å². The van der Waals surface area contributed by atoms with E-state index in [4.69, 9.17) is 18.9 Å². The number of esters is 2. The molecular formula is C16H30O7. The largest absolute Gasteiger partial charge is 0.436 e. The summed E-state index contributed by atoms with van der Waals surface area (Å²) in [6.45, 7) is 10.7. The number of carbonyl (C=O) groups excluding carboxylic acids is 2. The summed E-state index contributed by atoms with van der Waals surface area (Å²) >= 11 is 0. The molecule has 7 nitrogen and oxygen atoms in total. The number of carbonyl (C=O) groups is 2. The fourth-order valence-electron chi connectivity index (χ4n) is 1.62. The standard InChI is InChI=1S/C16H30O7/c1-7-10(3)20-12(5)22-15(18)9-14(17)16(19)23-13(6)21-11(4)8-2/h10-14,17H,7-9H2,1-6H3. The predicted molar refractivity (Wildman–Crippen MR) is 83.4 cm³/mol. The van der Waals surface area contributed by atoms with Gasteiger partial charge in [-0.3, -0.25) is 4.79 Å². The quantitative estimate of drug-likeness (QED) is 0.457. The maximum Gasteiger partial charge on any atom is 0.337 e.